The molecule has 0 saturated carbocycles. The molecule has 4 heteroatoms. The van der Waals surface area contributed by atoms with Crippen molar-refractivity contribution in [3.8, 4) is 0 Å². The summed E-state index contributed by atoms with van der Waals surface area (Å²) >= 11 is 0. The summed E-state index contributed by atoms with van der Waals surface area (Å²) in [6.07, 6.45) is 1.53. The molecule has 0 aliphatic heterocycles. The largest absolute Gasteiger partial charge is 0.366 e. The second kappa shape index (κ2) is 5.84. The summed E-state index contributed by atoms with van der Waals surface area (Å²) in [7, 11) is 0. The molecule has 0 unspecified atom stereocenters. The number of hydrogen-bond acceptors (Lipinski definition) is 2. The lowest BCUT2D eigenvalue weighted by Gasteiger charge is -2.04. The van der Waals surface area contributed by atoms with Crippen LogP contribution in [0.25, 0.3) is 0 Å². The molecule has 0 aliphatic carbocycles. The van der Waals surface area contributed by atoms with E-state index >= 15 is 0 Å². The Kier molecular flexibility index (Phi) is 4.46. The fraction of sp³-hybridized carbons (Fsp3) is 0.231. The molecular weight excluding hydrogens is 216 g/mol. The molecule has 1 aromatic carbocycles. The molecule has 1 rings (SSSR count). The minimum Gasteiger partial charge on any atom is -0.366 e. The Morgan fingerprint density at radius 2 is 2.06 bits per heavy atom. The van der Waals surface area contributed by atoms with Crippen LogP contribution in [0.5, 0.6) is 0 Å². The van der Waals surface area contributed by atoms with Gasteiger partial charge in [0.1, 0.15) is 0 Å². The number of hydrogen-bond donors (Lipinski definition) is 2. The van der Waals surface area contributed by atoms with Gasteiger partial charge in [-0.3, -0.25) is 9.59 Å². The minimum atomic E-state index is -0.470. The number of amides is 2. The Bertz CT molecular complexity index is 460. The number of rotatable bonds is 4. The van der Waals surface area contributed by atoms with Gasteiger partial charge in [0.15, 0.2) is 0 Å². The Hall–Kier alpha value is -2.10. The molecule has 17 heavy (non-hydrogen) atoms. The van der Waals surface area contributed by atoms with Gasteiger partial charge in [0, 0.05) is 18.2 Å². The molecule has 0 saturated heterocycles. The van der Waals surface area contributed by atoms with Crippen LogP contribution in [0.4, 0.5) is 0 Å². The van der Waals surface area contributed by atoms with E-state index in [0.717, 1.165) is 11.1 Å². The van der Waals surface area contributed by atoms with Crippen molar-refractivity contribution in [2.24, 2.45) is 5.73 Å². The van der Waals surface area contributed by atoms with Crippen molar-refractivity contribution < 1.29 is 9.59 Å². The van der Waals surface area contributed by atoms with Crippen molar-refractivity contribution in [2.45, 2.75) is 20.4 Å². The highest BCUT2D eigenvalue weighted by atomic mass is 16.1. The first-order chi connectivity index (χ1) is 7.99. The first-order valence-corrected chi connectivity index (χ1v) is 5.30. The van der Waals surface area contributed by atoms with E-state index in [-0.39, 0.29) is 5.91 Å². The highest BCUT2D eigenvalue weighted by molar-refractivity contribution is 5.93. The maximum Gasteiger partial charge on any atom is 0.248 e. The second-order valence-electron chi connectivity index (χ2n) is 4.00. The van der Waals surface area contributed by atoms with Crippen LogP contribution in [-0.4, -0.2) is 11.8 Å². The first-order valence-electron chi connectivity index (χ1n) is 5.30. The van der Waals surface area contributed by atoms with Gasteiger partial charge in [0.25, 0.3) is 0 Å². The molecule has 0 radical (unpaired) electrons. The normalized spacial score (nSPS) is 9.53. The molecule has 4 nitrogen and oxygen atoms in total. The molecule has 3 N–H and O–H groups in total. The zero-order valence-corrected chi connectivity index (χ0v) is 9.99. The van der Waals surface area contributed by atoms with Gasteiger partial charge in [0.2, 0.25) is 11.8 Å². The smallest absolute Gasteiger partial charge is 0.248 e. The Labute approximate surface area is 101 Å². The molecular formula is C13H16N2O2. The lowest BCUT2D eigenvalue weighted by molar-refractivity contribution is -0.116. The number of carbonyl (C=O) groups excluding carboxylic acids is 2. The maximum absolute atomic E-state index is 11.4. The second-order valence-corrected chi connectivity index (χ2v) is 4.00. The fourth-order valence-electron chi connectivity index (χ4n) is 1.34. The molecule has 0 aromatic heterocycles. The van der Waals surface area contributed by atoms with Crippen LogP contribution in [-0.2, 0) is 11.3 Å². The lowest BCUT2D eigenvalue weighted by atomic mass is 10.1. The zero-order valence-electron chi connectivity index (χ0n) is 9.99. The average Bonchev–Trinajstić information content (AvgIpc) is 2.26. The van der Waals surface area contributed by atoms with Crippen LogP contribution in [0.1, 0.15) is 29.8 Å². The number of nitrogens with two attached hydrogens (primary N) is 1. The third-order valence-corrected chi connectivity index (χ3v) is 2.10. The SMILES string of the molecule is CC(C)=CC(=O)NCc1cccc(C(N)=O)c1. The third-order valence-electron chi connectivity index (χ3n) is 2.10. The molecule has 90 valence electrons. The number of carbonyl (C=O) groups is 2. The number of primary amides is 1. The molecule has 0 aliphatic rings. The van der Waals surface area contributed by atoms with Gasteiger partial charge in [0.05, 0.1) is 0 Å². The van der Waals surface area contributed by atoms with Gasteiger partial charge in [-0.25, -0.2) is 0 Å². The molecule has 1 aromatic rings. The van der Waals surface area contributed by atoms with Crippen molar-refractivity contribution >= 4 is 11.8 Å². The summed E-state index contributed by atoms with van der Waals surface area (Å²) < 4.78 is 0. The van der Waals surface area contributed by atoms with Crippen LogP contribution in [0, 0.1) is 0 Å². The summed E-state index contributed by atoms with van der Waals surface area (Å²) in [6.45, 7) is 4.09. The van der Waals surface area contributed by atoms with Gasteiger partial charge >= 0.3 is 0 Å². The predicted octanol–water partition coefficient (Wildman–Crippen LogP) is 1.37. The monoisotopic (exact) mass is 232 g/mol. The first kappa shape index (κ1) is 13.0. The highest BCUT2D eigenvalue weighted by Gasteiger charge is 2.02. The summed E-state index contributed by atoms with van der Waals surface area (Å²) in [4.78, 5) is 22.3. The van der Waals surface area contributed by atoms with Crippen LogP contribution < -0.4 is 11.1 Å². The summed E-state index contributed by atoms with van der Waals surface area (Å²) in [5, 5.41) is 2.73. The summed E-state index contributed by atoms with van der Waals surface area (Å²) in [5.41, 5.74) is 7.39. The van der Waals surface area contributed by atoms with Crippen LogP contribution in [0.3, 0.4) is 0 Å². The average molecular weight is 232 g/mol. The lowest BCUT2D eigenvalue weighted by Crippen LogP contribution is -2.21. The molecule has 0 fully saturated rings. The zero-order chi connectivity index (χ0) is 12.8. The molecule has 2 amide bonds. The van der Waals surface area contributed by atoms with Crippen LogP contribution in [0.15, 0.2) is 35.9 Å². The third kappa shape index (κ3) is 4.51. The highest BCUT2D eigenvalue weighted by Crippen LogP contribution is 2.04. The topological polar surface area (TPSA) is 72.2 Å². The minimum absolute atomic E-state index is 0.144. The Morgan fingerprint density at radius 1 is 1.35 bits per heavy atom. The van der Waals surface area contributed by atoms with E-state index in [1.54, 1.807) is 18.2 Å². The van der Waals surface area contributed by atoms with E-state index in [4.69, 9.17) is 5.73 Å². The van der Waals surface area contributed by atoms with Gasteiger partial charge in [-0.2, -0.15) is 0 Å². The quantitative estimate of drug-likeness (QED) is 0.769. The van der Waals surface area contributed by atoms with Crippen molar-refractivity contribution in [2.75, 3.05) is 0 Å². The molecule has 0 heterocycles. The van der Waals surface area contributed by atoms with Gasteiger partial charge < -0.3 is 11.1 Å². The predicted molar refractivity (Wildman–Crippen MR) is 66.2 cm³/mol. The van der Waals surface area contributed by atoms with Gasteiger partial charge in [-0.05, 0) is 31.5 Å². The van der Waals surface area contributed by atoms with Crippen molar-refractivity contribution in [1.29, 1.82) is 0 Å². The van der Waals surface area contributed by atoms with E-state index in [0.29, 0.717) is 12.1 Å². The fourth-order valence-corrected chi connectivity index (χ4v) is 1.34. The summed E-state index contributed by atoms with van der Waals surface area (Å²) in [6, 6.07) is 6.88. The van der Waals surface area contributed by atoms with E-state index in [1.165, 1.54) is 6.08 Å². The standard InChI is InChI=1S/C13H16N2O2/c1-9(2)6-12(16)15-8-10-4-3-5-11(7-10)13(14)17/h3-7H,8H2,1-2H3,(H2,14,17)(H,15,16). The van der Waals surface area contributed by atoms with E-state index in [1.807, 2.05) is 19.9 Å². The van der Waals surface area contributed by atoms with Gasteiger partial charge in [-0.1, -0.05) is 17.7 Å². The maximum atomic E-state index is 11.4. The van der Waals surface area contributed by atoms with Crippen molar-refractivity contribution in [1.82, 2.24) is 5.32 Å². The van der Waals surface area contributed by atoms with Crippen molar-refractivity contribution in [3.63, 3.8) is 0 Å². The Balaban J connectivity index is 2.64. The summed E-state index contributed by atoms with van der Waals surface area (Å²) in [5.74, 6) is -0.614. The van der Waals surface area contributed by atoms with Crippen molar-refractivity contribution in [3.05, 3.63) is 47.0 Å². The molecule has 0 atom stereocenters. The number of allylic oxidation sites excluding steroid dienone is 1. The van der Waals surface area contributed by atoms with Crippen LogP contribution in [0.2, 0.25) is 0 Å². The van der Waals surface area contributed by atoms with E-state index in [9.17, 15) is 9.59 Å². The molecule has 0 bridgehead atoms. The van der Waals surface area contributed by atoms with E-state index < -0.39 is 5.91 Å². The van der Waals surface area contributed by atoms with Gasteiger partial charge in [-0.15, -0.1) is 0 Å². The van der Waals surface area contributed by atoms with Crippen LogP contribution >= 0.6 is 0 Å². The number of benzene rings is 1. The molecule has 0 spiro atoms. The van der Waals surface area contributed by atoms with E-state index in [2.05, 4.69) is 5.32 Å². The number of nitrogens with one attached hydrogen (secondary N) is 1. The Morgan fingerprint density at radius 3 is 2.65 bits per heavy atom.